The second-order valence-electron chi connectivity index (χ2n) is 10.4. The van der Waals surface area contributed by atoms with Crippen molar-refractivity contribution in [3.8, 4) is 11.5 Å². The molecule has 2 aliphatic rings. The summed E-state index contributed by atoms with van der Waals surface area (Å²) in [6.07, 6.45) is -5.76. The highest BCUT2D eigenvalue weighted by Gasteiger charge is 2.53. The molecule has 2 saturated heterocycles. The summed E-state index contributed by atoms with van der Waals surface area (Å²) < 4.78 is 59.3. The van der Waals surface area contributed by atoms with Gasteiger partial charge in [0.05, 0.1) is 13.2 Å². The first-order valence-electron chi connectivity index (χ1n) is 14.1. The SMILES string of the molecule is CC(=O)OC[C@H]1O[C@@H](Oc2ccc(F)cc2Cc2ccc(O[C@@H]3CCOC3)cc2)[C@H](OC(C)=O)[C@@H](OC(C)=O)[C@@H]1OC(C)=O. The third kappa shape index (κ3) is 9.13. The molecule has 0 aromatic heterocycles. The van der Waals surface area contributed by atoms with E-state index in [1.54, 1.807) is 0 Å². The summed E-state index contributed by atoms with van der Waals surface area (Å²) in [4.78, 5) is 47.8. The van der Waals surface area contributed by atoms with Crippen LogP contribution in [0, 0.1) is 5.82 Å². The van der Waals surface area contributed by atoms with Gasteiger partial charge in [-0.2, -0.15) is 0 Å². The Bertz CT molecular complexity index is 1320. The predicted molar refractivity (Wildman–Crippen MR) is 148 cm³/mol. The van der Waals surface area contributed by atoms with Crippen LogP contribution in [0.5, 0.6) is 11.5 Å². The summed E-state index contributed by atoms with van der Waals surface area (Å²) >= 11 is 0. The van der Waals surface area contributed by atoms with Crippen molar-refractivity contribution in [3.05, 3.63) is 59.4 Å². The van der Waals surface area contributed by atoms with Crippen molar-refractivity contribution in [3.63, 3.8) is 0 Å². The van der Waals surface area contributed by atoms with Gasteiger partial charge in [0, 0.05) is 46.1 Å². The zero-order valence-electron chi connectivity index (χ0n) is 24.8. The Morgan fingerprint density at radius 2 is 1.48 bits per heavy atom. The van der Waals surface area contributed by atoms with Crippen LogP contribution in [0.3, 0.4) is 0 Å². The standard InChI is InChI=1S/C31H35FO12/c1-17(33)38-16-27-28(39-18(2)34)29(40-19(3)35)30(41-20(4)36)31(44-27)43-26-10-7-23(32)14-22(26)13-21-5-8-24(9-6-21)42-25-11-12-37-15-25/h5-10,14,25,27-31H,11-13,15-16H2,1-4H3/t25-,27-,28-,29+,30-,31-/m1/s1. The molecule has 0 unspecified atom stereocenters. The van der Waals surface area contributed by atoms with Crippen molar-refractivity contribution in [1.29, 1.82) is 0 Å². The van der Waals surface area contributed by atoms with Crippen molar-refractivity contribution < 1.29 is 61.5 Å². The highest BCUT2D eigenvalue weighted by molar-refractivity contribution is 5.68. The Labute approximate surface area is 253 Å². The van der Waals surface area contributed by atoms with Gasteiger partial charge in [0.25, 0.3) is 0 Å². The lowest BCUT2D eigenvalue weighted by Crippen LogP contribution is -2.63. The van der Waals surface area contributed by atoms with Gasteiger partial charge < -0.3 is 37.9 Å². The minimum absolute atomic E-state index is 0.00865. The van der Waals surface area contributed by atoms with Crippen LogP contribution in [0.4, 0.5) is 4.39 Å². The van der Waals surface area contributed by atoms with Gasteiger partial charge >= 0.3 is 23.9 Å². The van der Waals surface area contributed by atoms with Gasteiger partial charge in [-0.05, 0) is 35.9 Å². The molecule has 6 atom stereocenters. The lowest BCUT2D eigenvalue weighted by molar-refractivity contribution is -0.288. The molecular weight excluding hydrogens is 583 g/mol. The Morgan fingerprint density at radius 3 is 2.09 bits per heavy atom. The maximum absolute atomic E-state index is 14.4. The quantitative estimate of drug-likeness (QED) is 0.270. The van der Waals surface area contributed by atoms with Crippen LogP contribution in [0.15, 0.2) is 42.5 Å². The lowest BCUT2D eigenvalue weighted by atomic mass is 9.98. The number of hydrogen-bond donors (Lipinski definition) is 0. The number of ether oxygens (including phenoxy) is 8. The number of esters is 4. The molecule has 0 bridgehead atoms. The maximum atomic E-state index is 14.4. The third-order valence-electron chi connectivity index (χ3n) is 6.72. The van der Waals surface area contributed by atoms with Crippen molar-refractivity contribution in [2.75, 3.05) is 19.8 Å². The molecule has 0 radical (unpaired) electrons. The smallest absolute Gasteiger partial charge is 0.303 e. The van der Waals surface area contributed by atoms with Gasteiger partial charge in [-0.3, -0.25) is 19.2 Å². The maximum Gasteiger partial charge on any atom is 0.303 e. The van der Waals surface area contributed by atoms with Gasteiger partial charge in [0.1, 0.15) is 36.1 Å². The van der Waals surface area contributed by atoms with Crippen LogP contribution in [0.25, 0.3) is 0 Å². The van der Waals surface area contributed by atoms with Gasteiger partial charge in [-0.25, -0.2) is 4.39 Å². The van der Waals surface area contributed by atoms with Crippen LogP contribution < -0.4 is 9.47 Å². The fraction of sp³-hybridized carbons (Fsp3) is 0.484. The molecule has 0 amide bonds. The van der Waals surface area contributed by atoms with Crippen LogP contribution in [0.2, 0.25) is 0 Å². The Hall–Kier alpha value is -4.23. The molecule has 0 N–H and O–H groups in total. The van der Waals surface area contributed by atoms with E-state index in [2.05, 4.69) is 0 Å². The first kappa shape index (κ1) is 32.7. The molecule has 0 spiro atoms. The summed E-state index contributed by atoms with van der Waals surface area (Å²) in [5.41, 5.74) is 1.24. The fourth-order valence-corrected chi connectivity index (χ4v) is 4.91. The number of carbonyl (C=O) groups is 4. The molecule has 12 nitrogen and oxygen atoms in total. The van der Waals surface area contributed by atoms with E-state index < -0.39 is 67.0 Å². The molecule has 2 aromatic carbocycles. The first-order valence-corrected chi connectivity index (χ1v) is 14.1. The molecular formula is C31H35FO12. The molecule has 2 fully saturated rings. The molecule has 44 heavy (non-hydrogen) atoms. The van der Waals surface area contributed by atoms with E-state index in [9.17, 15) is 23.6 Å². The highest BCUT2D eigenvalue weighted by Crippen LogP contribution is 2.33. The van der Waals surface area contributed by atoms with E-state index >= 15 is 0 Å². The topological polar surface area (TPSA) is 142 Å². The molecule has 4 rings (SSSR count). The Balaban J connectivity index is 1.62. The highest BCUT2D eigenvalue weighted by atomic mass is 19.1. The molecule has 2 heterocycles. The number of rotatable bonds is 11. The van der Waals surface area contributed by atoms with E-state index in [1.165, 1.54) is 25.1 Å². The summed E-state index contributed by atoms with van der Waals surface area (Å²) in [7, 11) is 0. The van der Waals surface area contributed by atoms with Crippen molar-refractivity contribution in [2.45, 2.75) is 77.3 Å². The zero-order chi connectivity index (χ0) is 31.8. The third-order valence-corrected chi connectivity index (χ3v) is 6.72. The van der Waals surface area contributed by atoms with Crippen molar-refractivity contribution >= 4 is 23.9 Å². The van der Waals surface area contributed by atoms with E-state index in [0.29, 0.717) is 24.5 Å². The van der Waals surface area contributed by atoms with E-state index in [1.807, 2.05) is 24.3 Å². The van der Waals surface area contributed by atoms with Crippen LogP contribution >= 0.6 is 0 Å². The van der Waals surface area contributed by atoms with E-state index in [0.717, 1.165) is 32.8 Å². The number of benzene rings is 2. The molecule has 2 aliphatic heterocycles. The average molecular weight is 619 g/mol. The normalized spacial score (nSPS) is 24.6. The lowest BCUT2D eigenvalue weighted by Gasteiger charge is -2.44. The summed E-state index contributed by atoms with van der Waals surface area (Å²) in [6.45, 7) is 5.34. The summed E-state index contributed by atoms with van der Waals surface area (Å²) in [5, 5.41) is 0. The summed E-state index contributed by atoms with van der Waals surface area (Å²) in [5.74, 6) is -2.60. The second kappa shape index (κ2) is 15.0. The number of halogens is 1. The average Bonchev–Trinajstić information content (AvgIpc) is 3.45. The molecule has 0 aliphatic carbocycles. The fourth-order valence-electron chi connectivity index (χ4n) is 4.91. The van der Waals surface area contributed by atoms with E-state index in [-0.39, 0.29) is 18.3 Å². The van der Waals surface area contributed by atoms with Crippen LogP contribution in [0.1, 0.15) is 45.2 Å². The van der Waals surface area contributed by atoms with Gasteiger partial charge in [-0.1, -0.05) is 12.1 Å². The summed E-state index contributed by atoms with van der Waals surface area (Å²) in [6, 6.07) is 11.2. The molecule has 13 heteroatoms. The Morgan fingerprint density at radius 1 is 0.818 bits per heavy atom. The van der Waals surface area contributed by atoms with Crippen molar-refractivity contribution in [2.24, 2.45) is 0 Å². The molecule has 238 valence electrons. The van der Waals surface area contributed by atoms with Crippen molar-refractivity contribution in [1.82, 2.24) is 0 Å². The largest absolute Gasteiger partial charge is 0.488 e. The van der Waals surface area contributed by atoms with Gasteiger partial charge in [0.15, 0.2) is 12.2 Å². The number of carbonyl (C=O) groups excluding carboxylic acids is 4. The van der Waals surface area contributed by atoms with E-state index in [4.69, 9.17) is 37.9 Å². The minimum atomic E-state index is -1.45. The predicted octanol–water partition coefficient (Wildman–Crippen LogP) is 3.05. The molecule has 2 aromatic rings. The van der Waals surface area contributed by atoms with Crippen LogP contribution in [-0.4, -0.2) is 80.5 Å². The molecule has 0 saturated carbocycles. The monoisotopic (exact) mass is 618 g/mol. The van der Waals surface area contributed by atoms with Gasteiger partial charge in [0.2, 0.25) is 12.4 Å². The number of hydrogen-bond acceptors (Lipinski definition) is 12. The second-order valence-corrected chi connectivity index (χ2v) is 10.4. The Kier molecular flexibility index (Phi) is 11.1. The first-order chi connectivity index (χ1) is 21.0. The van der Waals surface area contributed by atoms with Gasteiger partial charge in [-0.15, -0.1) is 0 Å². The zero-order valence-corrected chi connectivity index (χ0v) is 24.8. The minimum Gasteiger partial charge on any atom is -0.488 e. The van der Waals surface area contributed by atoms with Crippen LogP contribution in [-0.2, 0) is 54.0 Å².